The summed E-state index contributed by atoms with van der Waals surface area (Å²) in [6, 6.07) is 209. The Hall–Kier alpha value is -19.5. The van der Waals surface area contributed by atoms with E-state index in [0.29, 0.717) is 0 Å². The summed E-state index contributed by atoms with van der Waals surface area (Å²) in [5, 5.41) is 9.63. The lowest BCUT2D eigenvalue weighted by Gasteiger charge is -2.28. The molecule has 150 heavy (non-hydrogen) atoms. The summed E-state index contributed by atoms with van der Waals surface area (Å²) >= 11 is 1.86. The van der Waals surface area contributed by atoms with Crippen LogP contribution in [-0.4, -0.2) is 9.13 Å². The van der Waals surface area contributed by atoms with Crippen molar-refractivity contribution in [1.29, 1.82) is 0 Å². The first-order valence-corrected chi connectivity index (χ1v) is 52.2. The second-order valence-electron chi connectivity index (χ2n) is 38.9. The monoisotopic (exact) mass is 1930 g/mol. The molecule has 0 unspecified atom stereocenters. The summed E-state index contributed by atoms with van der Waals surface area (Å²) < 4.78 is 14.0. The van der Waals surface area contributed by atoms with Crippen LogP contribution in [-0.2, 0) is 0 Å². The van der Waals surface area contributed by atoms with E-state index in [2.05, 4.69) is 583 Å². The Kier molecular flexibility index (Phi) is 22.1. The zero-order valence-corrected chi connectivity index (χ0v) is 82.7. The minimum atomic E-state index is 0.870. The number of hydrogen-bond acceptors (Lipinski definition) is 4. The lowest BCUT2D eigenvalue weighted by molar-refractivity contribution is 0.669. The van der Waals surface area contributed by atoms with Gasteiger partial charge in [0, 0.05) is 81.0 Å². The van der Waals surface area contributed by atoms with Crippen molar-refractivity contribution < 1.29 is 4.42 Å². The molecule has 6 heteroatoms. The molecule has 0 aliphatic heterocycles. The zero-order chi connectivity index (χ0) is 99.1. The third kappa shape index (κ3) is 15.9. The van der Waals surface area contributed by atoms with Crippen LogP contribution in [0.1, 0.15) is 0 Å². The van der Waals surface area contributed by atoms with Crippen LogP contribution in [0, 0.1) is 0 Å². The van der Waals surface area contributed by atoms with E-state index in [1.165, 1.54) is 97.4 Å². The topological polar surface area (TPSA) is 29.5 Å². The van der Waals surface area contributed by atoms with Crippen molar-refractivity contribution in [3.05, 3.63) is 570 Å². The number of furan rings is 1. The van der Waals surface area contributed by atoms with Crippen molar-refractivity contribution in [3.63, 3.8) is 0 Å². The molecule has 5 nitrogen and oxygen atoms in total. The molecule has 0 spiro atoms. The standard InChI is InChI=1S/C144H94N4OS/c1-3-27-95(28-4-1)97-59-63-99(64-60-97)103-75-83-117(84-76-103)145(129-47-13-7-39-121(129)113-35-21-37-115(93-113)123-45-23-51-133-141(123)125-41-9-15-49-131(125)147(133)135-53-25-56-138-143(135)127-43-11-17-55-137(127)149-138)119-87-79-105(80-88-119)101-67-71-107(72-68-101)109-31-19-33-111(91-109)112-34-20-32-110(92-112)108-73-69-102(70-74-108)106-81-89-120(90-82-106)146(118-85-77-104(78-86-118)100-65-61-98(62-66-100)96-29-5-2-6-30-96)130-48-14-8-40-122(130)114-36-22-38-116(94-114)124-46-24-52-134-142(124)126-42-10-16-50-132(126)148(134)136-54-26-58-140-144(136)128-44-12-18-57-139(128)150-140/h1-94H. The fourth-order valence-corrected chi connectivity index (χ4v) is 24.1. The average molecular weight is 1930 g/mol. The lowest BCUT2D eigenvalue weighted by Crippen LogP contribution is -2.11. The van der Waals surface area contributed by atoms with Gasteiger partial charge >= 0.3 is 0 Å². The highest BCUT2D eigenvalue weighted by Crippen LogP contribution is 2.51. The highest BCUT2D eigenvalue weighted by molar-refractivity contribution is 7.26. The van der Waals surface area contributed by atoms with Crippen LogP contribution >= 0.6 is 11.3 Å². The maximum atomic E-state index is 6.49. The van der Waals surface area contributed by atoms with Gasteiger partial charge in [-0.2, -0.15) is 0 Å². The zero-order valence-electron chi connectivity index (χ0n) is 81.9. The van der Waals surface area contributed by atoms with E-state index >= 15 is 0 Å². The van der Waals surface area contributed by atoms with Gasteiger partial charge in [0.2, 0.25) is 0 Å². The lowest BCUT2D eigenvalue weighted by atomic mass is 9.94. The molecule has 0 fully saturated rings. The number of benzene rings is 24. The molecular weight excluding hydrogens is 1830 g/mol. The summed E-state index contributed by atoms with van der Waals surface area (Å²) in [7, 11) is 0. The van der Waals surface area contributed by atoms with Gasteiger partial charge in [-0.05, 0) is 279 Å². The van der Waals surface area contributed by atoms with Gasteiger partial charge in [0.25, 0.3) is 0 Å². The normalized spacial score (nSPS) is 11.6. The van der Waals surface area contributed by atoms with Crippen LogP contribution in [0.25, 0.3) is 242 Å². The van der Waals surface area contributed by atoms with E-state index in [-0.39, 0.29) is 0 Å². The number of fused-ring (bicyclic) bond motifs is 12. The molecule has 28 rings (SSSR count). The maximum absolute atomic E-state index is 6.49. The Morgan fingerprint density at radius 3 is 0.820 bits per heavy atom. The number of nitrogens with zero attached hydrogens (tertiary/aromatic N) is 4. The quantitative estimate of drug-likeness (QED) is 0.0718. The van der Waals surface area contributed by atoms with E-state index in [1.54, 1.807) is 0 Å². The average Bonchev–Trinajstić information content (AvgIpc) is 1.56. The van der Waals surface area contributed by atoms with Crippen molar-refractivity contribution in [2.75, 3.05) is 9.80 Å². The van der Waals surface area contributed by atoms with Crippen LogP contribution in [0.2, 0.25) is 0 Å². The molecule has 24 aromatic carbocycles. The van der Waals surface area contributed by atoms with Crippen molar-refractivity contribution in [2.24, 2.45) is 0 Å². The van der Waals surface area contributed by atoms with Crippen LogP contribution in [0.15, 0.2) is 575 Å². The Labute approximate surface area is 874 Å². The number of thiophene rings is 1. The van der Waals surface area contributed by atoms with E-state index < -0.39 is 0 Å². The summed E-state index contributed by atoms with van der Waals surface area (Å²) in [4.78, 5) is 4.85. The predicted molar refractivity (Wildman–Crippen MR) is 635 cm³/mol. The summed E-state index contributed by atoms with van der Waals surface area (Å²) in [5.74, 6) is 0. The first-order chi connectivity index (χ1) is 74.4. The smallest absolute Gasteiger partial charge is 0.137 e. The molecule has 0 aliphatic carbocycles. The van der Waals surface area contributed by atoms with Gasteiger partial charge in [-0.15, -0.1) is 11.3 Å². The first-order valence-electron chi connectivity index (χ1n) is 51.4. The first kappa shape index (κ1) is 88.2. The largest absolute Gasteiger partial charge is 0.456 e. The van der Waals surface area contributed by atoms with Crippen molar-refractivity contribution >= 4 is 131 Å². The molecule has 4 aromatic heterocycles. The minimum Gasteiger partial charge on any atom is -0.456 e. The van der Waals surface area contributed by atoms with E-state index in [4.69, 9.17) is 4.42 Å². The van der Waals surface area contributed by atoms with Crippen LogP contribution in [0.5, 0.6) is 0 Å². The van der Waals surface area contributed by atoms with Crippen molar-refractivity contribution in [2.45, 2.75) is 0 Å². The third-order valence-corrected chi connectivity index (χ3v) is 31.3. The second-order valence-corrected chi connectivity index (χ2v) is 39.9. The van der Waals surface area contributed by atoms with Gasteiger partial charge in [-0.25, -0.2) is 0 Å². The second kappa shape index (κ2) is 37.6. The number of aromatic nitrogens is 2. The van der Waals surface area contributed by atoms with Gasteiger partial charge in [-0.3, -0.25) is 0 Å². The molecule has 0 saturated carbocycles. The molecule has 0 saturated heterocycles. The van der Waals surface area contributed by atoms with E-state index in [0.717, 1.165) is 178 Å². The number of rotatable bonds is 21. The van der Waals surface area contributed by atoms with Gasteiger partial charge in [0.1, 0.15) is 11.2 Å². The fourth-order valence-electron chi connectivity index (χ4n) is 23.0. The highest BCUT2D eigenvalue weighted by Gasteiger charge is 2.27. The van der Waals surface area contributed by atoms with Gasteiger partial charge in [0.15, 0.2) is 0 Å². The molecule has 0 atom stereocenters. The van der Waals surface area contributed by atoms with E-state index in [1.807, 2.05) is 17.4 Å². The number of hydrogen-bond donors (Lipinski definition) is 0. The van der Waals surface area contributed by atoms with Gasteiger partial charge in [0.05, 0.1) is 50.2 Å². The Bertz CT molecular complexity index is 9440. The van der Waals surface area contributed by atoms with Gasteiger partial charge in [-0.1, -0.05) is 425 Å². The van der Waals surface area contributed by atoms with Crippen LogP contribution in [0.3, 0.4) is 0 Å². The molecule has 0 amide bonds. The van der Waals surface area contributed by atoms with Crippen LogP contribution < -0.4 is 9.80 Å². The number of para-hydroxylation sites is 5. The summed E-state index contributed by atoms with van der Waals surface area (Å²) in [6.45, 7) is 0. The molecule has 0 bridgehead atoms. The Balaban J connectivity index is 0.456. The molecule has 702 valence electrons. The molecule has 28 aromatic rings. The minimum absolute atomic E-state index is 0.870. The fraction of sp³-hybridized carbons (Fsp3) is 0. The highest BCUT2D eigenvalue weighted by atomic mass is 32.1. The van der Waals surface area contributed by atoms with Crippen molar-refractivity contribution in [1.82, 2.24) is 9.13 Å². The summed E-state index contributed by atoms with van der Waals surface area (Å²) in [6.07, 6.45) is 0. The number of anilines is 6. The Morgan fingerprint density at radius 1 is 0.153 bits per heavy atom. The Morgan fingerprint density at radius 2 is 0.407 bits per heavy atom. The van der Waals surface area contributed by atoms with Gasteiger partial charge < -0.3 is 23.4 Å². The predicted octanol–water partition coefficient (Wildman–Crippen LogP) is 40.8. The molecule has 0 N–H and O–H groups in total. The SMILES string of the molecule is c1ccc(-c2ccc(-c3ccc(N(c4ccc(-c5ccc(-c6cccc(-c7cccc(-c8ccc(-c9ccc(N(c%10ccc(-c%11ccc(-c%12ccccc%12)cc%11)cc%10)c%10ccccc%10-c%10cccc(-c%11cccc%12c%11c%11ccccc%11n%12-c%11cccc%12sc%13ccccc%13c%11%12)c%10)cc9)cc8)c7)c6)cc5)cc4)c4ccccc4-c4cccc(-c5cccc6c5c5ccccc5n6-c5cccc6oc7ccccc7c56)c4)cc3)cc2)cc1. The molecular formula is C144H94N4OS. The van der Waals surface area contributed by atoms with Crippen molar-refractivity contribution in [3.8, 4) is 156 Å². The summed E-state index contributed by atoms with van der Waals surface area (Å²) in [5.41, 5.74) is 45.0. The third-order valence-electron chi connectivity index (χ3n) is 30.2. The van der Waals surface area contributed by atoms with E-state index in [9.17, 15) is 0 Å². The molecule has 0 radical (unpaired) electrons. The maximum Gasteiger partial charge on any atom is 0.137 e. The molecule has 4 heterocycles. The van der Waals surface area contributed by atoms with Crippen LogP contribution in [0.4, 0.5) is 34.1 Å². The molecule has 0 aliphatic rings.